The first-order valence-electron chi connectivity index (χ1n) is 11.4. The van der Waals surface area contributed by atoms with Gasteiger partial charge in [0, 0.05) is 35.2 Å². The number of nitrogens with zero attached hydrogens (tertiary/aromatic N) is 2. The topological polar surface area (TPSA) is 72.1 Å². The second kappa shape index (κ2) is 8.87. The molecule has 6 heteroatoms. The molecule has 31 heavy (non-hydrogen) atoms. The van der Waals surface area contributed by atoms with Crippen molar-refractivity contribution in [2.75, 3.05) is 6.54 Å². The molecule has 1 aliphatic heterocycles. The van der Waals surface area contributed by atoms with Gasteiger partial charge in [-0.2, -0.15) is 0 Å². The van der Waals surface area contributed by atoms with E-state index in [-0.39, 0.29) is 18.0 Å². The lowest BCUT2D eigenvalue weighted by molar-refractivity contribution is -0.123. The molecule has 166 valence electrons. The Hall–Kier alpha value is -2.60. The number of benzene rings is 1. The number of aryl methyl sites for hydroxylation is 2. The van der Waals surface area contributed by atoms with E-state index in [1.54, 1.807) is 0 Å². The van der Waals surface area contributed by atoms with Crippen LogP contribution < -0.4 is 10.6 Å². The molecule has 0 radical (unpaired) electrons. The predicted molar refractivity (Wildman–Crippen MR) is 123 cm³/mol. The summed E-state index contributed by atoms with van der Waals surface area (Å²) in [6, 6.07) is 6.46. The van der Waals surface area contributed by atoms with Gasteiger partial charge in [0.2, 0.25) is 5.91 Å². The minimum absolute atomic E-state index is 0.0926. The Morgan fingerprint density at radius 1 is 1.35 bits per heavy atom. The molecule has 2 unspecified atom stereocenters. The van der Waals surface area contributed by atoms with Crippen LogP contribution in [0, 0.1) is 19.8 Å². The van der Waals surface area contributed by atoms with E-state index in [2.05, 4.69) is 65.5 Å². The Morgan fingerprint density at radius 2 is 2.16 bits per heavy atom. The van der Waals surface area contributed by atoms with Crippen LogP contribution in [0.4, 0.5) is 0 Å². The number of carbonyl (C=O) groups is 1. The van der Waals surface area contributed by atoms with Crippen LogP contribution in [0.2, 0.25) is 0 Å². The van der Waals surface area contributed by atoms with Crippen molar-refractivity contribution in [3.63, 3.8) is 0 Å². The van der Waals surface area contributed by atoms with Gasteiger partial charge in [-0.15, -0.1) is 0 Å². The molecular formula is C25H34N4O2. The molecule has 3 aromatic rings. The average Bonchev–Trinajstić information content (AvgIpc) is 3.19. The lowest BCUT2D eigenvalue weighted by atomic mass is 9.94. The van der Waals surface area contributed by atoms with Crippen LogP contribution in [0.15, 0.2) is 28.9 Å². The third-order valence-corrected chi connectivity index (χ3v) is 6.30. The normalized spacial score (nSPS) is 18.5. The third-order valence-electron chi connectivity index (χ3n) is 6.30. The first-order valence-corrected chi connectivity index (χ1v) is 11.4. The first kappa shape index (κ1) is 21.6. The van der Waals surface area contributed by atoms with E-state index in [0.717, 1.165) is 36.4 Å². The second-order valence-corrected chi connectivity index (χ2v) is 9.22. The van der Waals surface area contributed by atoms with Crippen molar-refractivity contribution in [2.45, 2.75) is 72.5 Å². The molecule has 2 atom stereocenters. The molecule has 6 nitrogen and oxygen atoms in total. The third kappa shape index (κ3) is 4.26. The number of carbonyl (C=O) groups excluding carboxylic acids is 1. The molecule has 0 spiro atoms. The van der Waals surface area contributed by atoms with Crippen molar-refractivity contribution in [3.05, 3.63) is 52.5 Å². The lowest BCUT2D eigenvalue weighted by Gasteiger charge is -2.25. The largest absolute Gasteiger partial charge is 0.361 e. The highest BCUT2D eigenvalue weighted by Crippen LogP contribution is 2.36. The van der Waals surface area contributed by atoms with Crippen molar-refractivity contribution in [1.29, 1.82) is 0 Å². The number of hydrogen-bond donors (Lipinski definition) is 2. The zero-order chi connectivity index (χ0) is 22.1. The second-order valence-electron chi connectivity index (χ2n) is 9.22. The Kier molecular flexibility index (Phi) is 6.19. The van der Waals surface area contributed by atoms with Crippen molar-refractivity contribution >= 4 is 16.8 Å². The Labute approximate surface area is 184 Å². The molecule has 1 amide bonds. The van der Waals surface area contributed by atoms with Gasteiger partial charge in [-0.25, -0.2) is 0 Å². The fraction of sp³-hybridized carbons (Fsp3) is 0.520. The van der Waals surface area contributed by atoms with E-state index in [0.29, 0.717) is 18.9 Å². The van der Waals surface area contributed by atoms with Gasteiger partial charge in [0.15, 0.2) is 0 Å². The SMILES string of the molecule is CCCNC(=O)C1Cc2cn(Cc3c(C)noc3C)c3cccc(c23)C(CC(C)C)N1. The van der Waals surface area contributed by atoms with E-state index in [1.165, 1.54) is 22.0 Å². The molecular weight excluding hydrogens is 388 g/mol. The fourth-order valence-corrected chi connectivity index (χ4v) is 4.76. The maximum atomic E-state index is 13.0. The van der Waals surface area contributed by atoms with Crippen LogP contribution in [0.25, 0.3) is 10.9 Å². The maximum absolute atomic E-state index is 13.0. The minimum Gasteiger partial charge on any atom is -0.361 e. The summed E-state index contributed by atoms with van der Waals surface area (Å²) < 4.78 is 7.68. The monoisotopic (exact) mass is 422 g/mol. The molecule has 0 fully saturated rings. The lowest BCUT2D eigenvalue weighted by Crippen LogP contribution is -2.46. The van der Waals surface area contributed by atoms with Gasteiger partial charge < -0.3 is 14.4 Å². The van der Waals surface area contributed by atoms with Gasteiger partial charge >= 0.3 is 0 Å². The molecule has 0 saturated heterocycles. The molecule has 4 rings (SSSR count). The number of nitrogens with one attached hydrogen (secondary N) is 2. The first-order chi connectivity index (χ1) is 14.9. The predicted octanol–water partition coefficient (Wildman–Crippen LogP) is 4.42. The Balaban J connectivity index is 1.78. The Morgan fingerprint density at radius 3 is 2.84 bits per heavy atom. The highest BCUT2D eigenvalue weighted by molar-refractivity contribution is 5.90. The summed E-state index contributed by atoms with van der Waals surface area (Å²) >= 11 is 0. The van der Waals surface area contributed by atoms with Crippen molar-refractivity contribution in [3.8, 4) is 0 Å². The number of aromatic nitrogens is 2. The number of amides is 1. The maximum Gasteiger partial charge on any atom is 0.237 e. The molecule has 2 aromatic heterocycles. The standard InChI is InChI=1S/C25H34N4O2/c1-6-10-26-25(30)22-12-18-13-29(14-20-16(4)28-31-17(20)5)23-9-7-8-19(24(18)23)21(27-22)11-15(2)3/h7-9,13,15,21-22,27H,6,10-12,14H2,1-5H3,(H,26,30). The summed E-state index contributed by atoms with van der Waals surface area (Å²) in [6.45, 7) is 11.9. The fourth-order valence-electron chi connectivity index (χ4n) is 4.76. The van der Waals surface area contributed by atoms with Gasteiger partial charge in [-0.3, -0.25) is 10.1 Å². The summed E-state index contributed by atoms with van der Waals surface area (Å²) in [5, 5.41) is 12.2. The van der Waals surface area contributed by atoms with E-state index in [1.807, 2.05) is 13.8 Å². The summed E-state index contributed by atoms with van der Waals surface area (Å²) in [5.41, 5.74) is 5.79. The minimum atomic E-state index is -0.235. The summed E-state index contributed by atoms with van der Waals surface area (Å²) in [5.74, 6) is 1.48. The molecule has 1 aromatic carbocycles. The average molecular weight is 423 g/mol. The molecule has 0 bridgehead atoms. The van der Waals surface area contributed by atoms with Crippen LogP contribution in [0.3, 0.4) is 0 Å². The molecule has 1 aliphatic rings. The zero-order valence-corrected chi connectivity index (χ0v) is 19.3. The van der Waals surface area contributed by atoms with Crippen LogP contribution in [-0.2, 0) is 17.8 Å². The highest BCUT2D eigenvalue weighted by atomic mass is 16.5. The van der Waals surface area contributed by atoms with Crippen LogP contribution in [0.5, 0.6) is 0 Å². The highest BCUT2D eigenvalue weighted by Gasteiger charge is 2.31. The number of rotatable bonds is 7. The Bertz CT molecular complexity index is 1060. The van der Waals surface area contributed by atoms with E-state index >= 15 is 0 Å². The van der Waals surface area contributed by atoms with Gasteiger partial charge in [-0.1, -0.05) is 38.1 Å². The smallest absolute Gasteiger partial charge is 0.237 e. The molecule has 0 aliphatic carbocycles. The summed E-state index contributed by atoms with van der Waals surface area (Å²) in [4.78, 5) is 13.0. The van der Waals surface area contributed by atoms with E-state index in [4.69, 9.17) is 4.52 Å². The van der Waals surface area contributed by atoms with E-state index < -0.39 is 0 Å². The molecule has 0 saturated carbocycles. The van der Waals surface area contributed by atoms with E-state index in [9.17, 15) is 4.79 Å². The summed E-state index contributed by atoms with van der Waals surface area (Å²) in [7, 11) is 0. The van der Waals surface area contributed by atoms with Crippen molar-refractivity contribution in [1.82, 2.24) is 20.4 Å². The van der Waals surface area contributed by atoms with Crippen molar-refractivity contribution in [2.24, 2.45) is 5.92 Å². The molecule has 3 heterocycles. The van der Waals surface area contributed by atoms with Crippen LogP contribution >= 0.6 is 0 Å². The zero-order valence-electron chi connectivity index (χ0n) is 19.3. The van der Waals surface area contributed by atoms with Crippen LogP contribution in [-0.4, -0.2) is 28.2 Å². The quantitative estimate of drug-likeness (QED) is 0.591. The summed E-state index contributed by atoms with van der Waals surface area (Å²) in [6.07, 6.45) is 4.84. The van der Waals surface area contributed by atoms with Crippen molar-refractivity contribution < 1.29 is 9.32 Å². The number of hydrogen-bond acceptors (Lipinski definition) is 4. The van der Waals surface area contributed by atoms with Gasteiger partial charge in [0.25, 0.3) is 0 Å². The van der Waals surface area contributed by atoms with Gasteiger partial charge in [0.1, 0.15) is 5.76 Å². The molecule has 2 N–H and O–H groups in total. The van der Waals surface area contributed by atoms with Crippen LogP contribution in [0.1, 0.15) is 67.8 Å². The van der Waals surface area contributed by atoms with Gasteiger partial charge in [-0.05, 0) is 56.2 Å². The van der Waals surface area contributed by atoms with Gasteiger partial charge in [0.05, 0.1) is 18.3 Å².